The molecule has 36 heavy (non-hydrogen) atoms. The van der Waals surface area contributed by atoms with E-state index in [0.717, 1.165) is 10.5 Å². The van der Waals surface area contributed by atoms with Crippen molar-refractivity contribution in [1.29, 1.82) is 0 Å². The Morgan fingerprint density at radius 3 is 2.19 bits per heavy atom. The Morgan fingerprint density at radius 2 is 1.56 bits per heavy atom. The van der Waals surface area contributed by atoms with Crippen LogP contribution < -0.4 is 9.62 Å². The maximum Gasteiger partial charge on any atom is 0.421 e. The van der Waals surface area contributed by atoms with Gasteiger partial charge in [0.2, 0.25) is 10.0 Å². The molecule has 2 amide bonds. The summed E-state index contributed by atoms with van der Waals surface area (Å²) in [6, 6.07) is 22.0. The molecule has 1 unspecified atom stereocenters. The van der Waals surface area contributed by atoms with Gasteiger partial charge in [-0.1, -0.05) is 66.2 Å². The van der Waals surface area contributed by atoms with E-state index in [4.69, 9.17) is 4.74 Å². The first-order chi connectivity index (χ1) is 17.0. The molecule has 3 aromatic rings. The molecule has 1 atom stereocenters. The zero-order chi connectivity index (χ0) is 26.1. The molecule has 8 nitrogen and oxygen atoms in total. The van der Waals surface area contributed by atoms with Crippen molar-refractivity contribution in [2.24, 2.45) is 4.99 Å². The molecular formula is C27H27N3O5S. The van der Waals surface area contributed by atoms with E-state index in [1.807, 2.05) is 25.1 Å². The maximum absolute atomic E-state index is 13.8. The lowest BCUT2D eigenvalue weighted by Crippen LogP contribution is -2.50. The minimum absolute atomic E-state index is 0.0251. The highest BCUT2D eigenvalue weighted by Crippen LogP contribution is 2.30. The number of hydrogen-bond acceptors (Lipinski definition) is 6. The second-order valence-electron chi connectivity index (χ2n) is 9.35. The molecule has 3 aromatic carbocycles. The van der Waals surface area contributed by atoms with Crippen LogP contribution in [0.3, 0.4) is 0 Å². The molecule has 9 heteroatoms. The Morgan fingerprint density at radius 1 is 0.944 bits per heavy atom. The lowest BCUT2D eigenvalue weighted by Gasteiger charge is -2.27. The van der Waals surface area contributed by atoms with E-state index in [1.54, 1.807) is 69.3 Å². The molecule has 186 valence electrons. The molecule has 4 rings (SSSR count). The molecule has 0 radical (unpaired) electrons. The van der Waals surface area contributed by atoms with Gasteiger partial charge in [-0.3, -0.25) is 9.79 Å². The number of nitrogens with zero attached hydrogens (tertiary/aromatic N) is 2. The number of imide groups is 1. The predicted octanol–water partition coefficient (Wildman–Crippen LogP) is 4.42. The van der Waals surface area contributed by atoms with E-state index in [2.05, 4.69) is 9.71 Å². The van der Waals surface area contributed by atoms with E-state index in [9.17, 15) is 18.0 Å². The monoisotopic (exact) mass is 505 g/mol. The Kier molecular flexibility index (Phi) is 6.79. The standard InChI is InChI=1S/C27H27N3O5S/c1-18-14-16-20(17-15-18)36(33,34)29-24-25(31)30(26(32)35-27(2,3)4)22-13-9-8-12-21(22)23(28-24)19-10-6-5-7-11-19/h5-17,24,29H,1-4H3. The van der Waals surface area contributed by atoms with Gasteiger partial charge in [-0.2, -0.15) is 4.72 Å². The number of fused-ring (bicyclic) bond motifs is 1. The number of benzene rings is 3. The van der Waals surface area contributed by atoms with Crippen LogP contribution in [0.4, 0.5) is 10.5 Å². The summed E-state index contributed by atoms with van der Waals surface area (Å²) < 4.78 is 34.4. The first kappa shape index (κ1) is 25.3. The van der Waals surface area contributed by atoms with Crippen LogP contribution in [0.25, 0.3) is 0 Å². The van der Waals surface area contributed by atoms with Crippen LogP contribution in [0, 0.1) is 6.92 Å². The fourth-order valence-corrected chi connectivity index (χ4v) is 4.77. The van der Waals surface area contributed by atoms with E-state index in [1.165, 1.54) is 12.1 Å². The highest BCUT2D eigenvalue weighted by molar-refractivity contribution is 7.89. The number of aryl methyl sites for hydroxylation is 1. The van der Waals surface area contributed by atoms with Crippen molar-refractivity contribution in [1.82, 2.24) is 4.72 Å². The zero-order valence-electron chi connectivity index (χ0n) is 20.4. The summed E-state index contributed by atoms with van der Waals surface area (Å²) in [6.45, 7) is 6.89. The van der Waals surface area contributed by atoms with Crippen molar-refractivity contribution in [3.8, 4) is 0 Å². The highest BCUT2D eigenvalue weighted by atomic mass is 32.2. The number of para-hydroxylation sites is 1. The Labute approximate surface area is 210 Å². The Balaban J connectivity index is 1.87. The lowest BCUT2D eigenvalue weighted by atomic mass is 10.0. The number of aliphatic imine (C=N–C) groups is 1. The number of nitrogens with one attached hydrogen (secondary N) is 1. The molecule has 1 aliphatic rings. The fraction of sp³-hybridized carbons (Fsp3) is 0.222. The van der Waals surface area contributed by atoms with Crippen molar-refractivity contribution in [3.05, 3.63) is 95.6 Å². The van der Waals surface area contributed by atoms with Crippen LogP contribution in [-0.4, -0.2) is 37.9 Å². The molecule has 0 aromatic heterocycles. The molecule has 0 saturated heterocycles. The molecule has 1 N–H and O–H groups in total. The predicted molar refractivity (Wildman–Crippen MR) is 138 cm³/mol. The van der Waals surface area contributed by atoms with Gasteiger partial charge in [0, 0.05) is 11.1 Å². The molecule has 0 fully saturated rings. The van der Waals surface area contributed by atoms with Gasteiger partial charge in [-0.15, -0.1) is 0 Å². The normalized spacial score (nSPS) is 16.1. The average Bonchev–Trinajstić information content (AvgIpc) is 2.93. The van der Waals surface area contributed by atoms with Gasteiger partial charge in [-0.25, -0.2) is 18.1 Å². The number of carbonyl (C=O) groups excluding carboxylic acids is 2. The second kappa shape index (κ2) is 9.67. The molecule has 0 saturated carbocycles. The number of amides is 2. The SMILES string of the molecule is Cc1ccc(S(=O)(=O)NC2N=C(c3ccccc3)c3ccccc3N(C(=O)OC(C)(C)C)C2=O)cc1. The minimum Gasteiger partial charge on any atom is -0.443 e. The number of benzodiazepines with no additional fused rings is 1. The summed E-state index contributed by atoms with van der Waals surface area (Å²) in [5, 5.41) is 0. The van der Waals surface area contributed by atoms with Crippen LogP contribution in [0.15, 0.2) is 88.8 Å². The fourth-order valence-electron chi connectivity index (χ4n) is 3.69. The van der Waals surface area contributed by atoms with Crippen molar-refractivity contribution < 1.29 is 22.7 Å². The number of sulfonamides is 1. The first-order valence-corrected chi connectivity index (χ1v) is 12.8. The summed E-state index contributed by atoms with van der Waals surface area (Å²) in [6.07, 6.45) is -2.55. The lowest BCUT2D eigenvalue weighted by molar-refractivity contribution is -0.119. The molecule has 1 aliphatic heterocycles. The average molecular weight is 506 g/mol. The summed E-state index contributed by atoms with van der Waals surface area (Å²) in [5.74, 6) is -0.877. The molecule has 1 heterocycles. The number of rotatable bonds is 4. The van der Waals surface area contributed by atoms with Gasteiger partial charge in [0.1, 0.15) is 5.60 Å². The third-order valence-corrected chi connectivity index (χ3v) is 6.76. The van der Waals surface area contributed by atoms with Crippen LogP contribution in [0.2, 0.25) is 0 Å². The van der Waals surface area contributed by atoms with E-state index < -0.39 is 33.8 Å². The van der Waals surface area contributed by atoms with Crippen molar-refractivity contribution in [2.45, 2.75) is 44.4 Å². The van der Waals surface area contributed by atoms with Crippen LogP contribution in [-0.2, 0) is 19.6 Å². The van der Waals surface area contributed by atoms with Crippen LogP contribution in [0.1, 0.15) is 37.5 Å². The van der Waals surface area contributed by atoms with Crippen molar-refractivity contribution in [2.75, 3.05) is 4.90 Å². The van der Waals surface area contributed by atoms with Gasteiger partial charge in [0.15, 0.2) is 6.17 Å². The number of ether oxygens (including phenoxy) is 1. The summed E-state index contributed by atoms with van der Waals surface area (Å²) >= 11 is 0. The number of carbonyl (C=O) groups is 2. The van der Waals surface area contributed by atoms with Gasteiger partial charge in [0.25, 0.3) is 5.91 Å². The van der Waals surface area contributed by atoms with E-state index >= 15 is 0 Å². The smallest absolute Gasteiger partial charge is 0.421 e. The van der Waals surface area contributed by atoms with Gasteiger partial charge >= 0.3 is 6.09 Å². The molecular weight excluding hydrogens is 478 g/mol. The van der Waals surface area contributed by atoms with E-state index in [0.29, 0.717) is 16.8 Å². The molecule has 0 spiro atoms. The number of hydrogen-bond donors (Lipinski definition) is 1. The third-order valence-electron chi connectivity index (χ3n) is 5.33. The van der Waals surface area contributed by atoms with Gasteiger partial charge in [0.05, 0.1) is 16.3 Å². The van der Waals surface area contributed by atoms with Crippen molar-refractivity contribution >= 4 is 33.4 Å². The van der Waals surface area contributed by atoms with Gasteiger partial charge in [-0.05, 0) is 45.9 Å². The second-order valence-corrected chi connectivity index (χ2v) is 11.1. The van der Waals surface area contributed by atoms with E-state index in [-0.39, 0.29) is 10.6 Å². The van der Waals surface area contributed by atoms with Crippen molar-refractivity contribution in [3.63, 3.8) is 0 Å². The molecule has 0 bridgehead atoms. The minimum atomic E-state index is -4.16. The Bertz CT molecular complexity index is 1430. The highest BCUT2D eigenvalue weighted by Gasteiger charge is 2.39. The van der Waals surface area contributed by atoms with Crippen LogP contribution in [0.5, 0.6) is 0 Å². The first-order valence-electron chi connectivity index (χ1n) is 11.3. The summed E-state index contributed by atoms with van der Waals surface area (Å²) in [4.78, 5) is 32.4. The quantitative estimate of drug-likeness (QED) is 0.565. The third kappa shape index (κ3) is 5.37. The Hall–Kier alpha value is -3.82. The molecule has 0 aliphatic carbocycles. The maximum atomic E-state index is 13.8. The topological polar surface area (TPSA) is 105 Å². The summed E-state index contributed by atoms with van der Waals surface area (Å²) in [7, 11) is -4.16. The van der Waals surface area contributed by atoms with Crippen LogP contribution >= 0.6 is 0 Å². The summed E-state index contributed by atoms with van der Waals surface area (Å²) in [5.41, 5.74) is 1.75. The largest absolute Gasteiger partial charge is 0.443 e. The van der Waals surface area contributed by atoms with Gasteiger partial charge < -0.3 is 4.74 Å². The number of anilines is 1. The zero-order valence-corrected chi connectivity index (χ0v) is 21.2.